The van der Waals surface area contributed by atoms with E-state index in [1.165, 1.54) is 24.8 Å². The van der Waals surface area contributed by atoms with Gasteiger partial charge in [0.1, 0.15) is 0 Å². The van der Waals surface area contributed by atoms with Crippen LogP contribution in [0.1, 0.15) is 52.0 Å². The van der Waals surface area contributed by atoms with Gasteiger partial charge in [-0.15, -0.1) is 0 Å². The minimum atomic E-state index is 0.384. The molecule has 1 aromatic rings. The third kappa shape index (κ3) is 7.47. The number of aryl methyl sites for hydroxylation is 1. The zero-order valence-corrected chi connectivity index (χ0v) is 11.1. The van der Waals surface area contributed by atoms with Gasteiger partial charge in [0.15, 0.2) is 0 Å². The summed E-state index contributed by atoms with van der Waals surface area (Å²) in [7, 11) is 0. The maximum atomic E-state index is 6.01. The summed E-state index contributed by atoms with van der Waals surface area (Å²) in [6.45, 7) is 6.21. The molecule has 0 aliphatic heterocycles. The van der Waals surface area contributed by atoms with Gasteiger partial charge in [-0.25, -0.2) is 0 Å². The van der Waals surface area contributed by atoms with Crippen LogP contribution in [-0.4, -0.2) is 6.04 Å². The second kappa shape index (κ2) is 10.7. The molecule has 0 fully saturated rings. The average molecular weight is 221 g/mol. The van der Waals surface area contributed by atoms with E-state index in [0.717, 1.165) is 12.8 Å². The van der Waals surface area contributed by atoms with Crippen LogP contribution in [0.25, 0.3) is 0 Å². The number of hydrogen-bond donors (Lipinski definition) is 1. The van der Waals surface area contributed by atoms with Gasteiger partial charge in [-0.2, -0.15) is 0 Å². The first kappa shape index (κ1) is 15.2. The van der Waals surface area contributed by atoms with Crippen molar-refractivity contribution < 1.29 is 0 Å². The van der Waals surface area contributed by atoms with Gasteiger partial charge in [0.25, 0.3) is 0 Å². The second-order valence-electron chi connectivity index (χ2n) is 3.93. The Morgan fingerprint density at radius 1 is 1.06 bits per heavy atom. The monoisotopic (exact) mass is 221 g/mol. The Morgan fingerprint density at radius 3 is 2.25 bits per heavy atom. The third-order valence-electron chi connectivity index (χ3n) is 2.58. The van der Waals surface area contributed by atoms with Crippen LogP contribution in [0.4, 0.5) is 0 Å². The lowest BCUT2D eigenvalue weighted by atomic mass is 10.0. The Balaban J connectivity index is 0.00000106. The van der Waals surface area contributed by atoms with Crippen molar-refractivity contribution in [2.75, 3.05) is 0 Å². The fraction of sp³-hybridized carbons (Fsp3) is 0.600. The van der Waals surface area contributed by atoms with Gasteiger partial charge < -0.3 is 5.73 Å². The Bertz CT molecular complexity index is 230. The van der Waals surface area contributed by atoms with Crippen LogP contribution >= 0.6 is 0 Å². The zero-order valence-electron chi connectivity index (χ0n) is 11.1. The highest BCUT2D eigenvalue weighted by Crippen LogP contribution is 2.07. The number of unbranched alkanes of at least 4 members (excludes halogenated alkanes) is 1. The maximum Gasteiger partial charge on any atom is 0.00419 e. The lowest BCUT2D eigenvalue weighted by Crippen LogP contribution is -2.20. The van der Waals surface area contributed by atoms with Gasteiger partial charge in [-0.05, 0) is 24.8 Å². The van der Waals surface area contributed by atoms with E-state index < -0.39 is 0 Å². The minimum Gasteiger partial charge on any atom is -0.328 e. The number of nitrogens with two attached hydrogens (primary N) is 1. The largest absolute Gasteiger partial charge is 0.328 e. The van der Waals surface area contributed by atoms with E-state index in [-0.39, 0.29) is 0 Å². The maximum absolute atomic E-state index is 6.01. The molecule has 0 heterocycles. The van der Waals surface area contributed by atoms with Gasteiger partial charge in [-0.1, -0.05) is 63.9 Å². The third-order valence-corrected chi connectivity index (χ3v) is 2.58. The quantitative estimate of drug-likeness (QED) is 0.767. The summed E-state index contributed by atoms with van der Waals surface area (Å²) in [6.07, 6.45) is 5.91. The highest BCUT2D eigenvalue weighted by Gasteiger charge is 2.01. The topological polar surface area (TPSA) is 26.0 Å². The molecule has 1 heteroatoms. The average Bonchev–Trinajstić information content (AvgIpc) is 2.37. The first-order valence-electron chi connectivity index (χ1n) is 6.62. The Labute approximate surface area is 101 Å². The van der Waals surface area contributed by atoms with Crippen molar-refractivity contribution in [1.82, 2.24) is 0 Å². The molecule has 0 saturated carbocycles. The van der Waals surface area contributed by atoms with Crippen molar-refractivity contribution >= 4 is 0 Å². The minimum absolute atomic E-state index is 0.384. The van der Waals surface area contributed by atoms with Gasteiger partial charge in [0.05, 0.1) is 0 Å². The first-order valence-corrected chi connectivity index (χ1v) is 6.62. The van der Waals surface area contributed by atoms with Crippen LogP contribution in [0.2, 0.25) is 0 Å². The van der Waals surface area contributed by atoms with Gasteiger partial charge >= 0.3 is 0 Å². The van der Waals surface area contributed by atoms with Crippen LogP contribution in [-0.2, 0) is 6.42 Å². The molecule has 0 aromatic heterocycles. The number of rotatable bonds is 6. The van der Waals surface area contributed by atoms with Crippen LogP contribution in [0.3, 0.4) is 0 Å². The summed E-state index contributed by atoms with van der Waals surface area (Å²) in [5, 5.41) is 0. The van der Waals surface area contributed by atoms with E-state index in [9.17, 15) is 0 Å². The number of hydrogen-bond acceptors (Lipinski definition) is 1. The predicted octanol–water partition coefficient (Wildman–Crippen LogP) is 4.16. The SMILES string of the molecule is CC.CCCCC(N)CCc1ccccc1. The smallest absolute Gasteiger partial charge is 0.00419 e. The zero-order chi connectivity index (χ0) is 12.2. The summed E-state index contributed by atoms with van der Waals surface area (Å²) in [6, 6.07) is 11.0. The lowest BCUT2D eigenvalue weighted by Gasteiger charge is -2.10. The summed E-state index contributed by atoms with van der Waals surface area (Å²) in [5.41, 5.74) is 7.41. The van der Waals surface area contributed by atoms with E-state index in [2.05, 4.69) is 37.3 Å². The second-order valence-corrected chi connectivity index (χ2v) is 3.93. The van der Waals surface area contributed by atoms with Crippen LogP contribution in [0, 0.1) is 0 Å². The van der Waals surface area contributed by atoms with Crippen molar-refractivity contribution in [3.63, 3.8) is 0 Å². The van der Waals surface area contributed by atoms with Crippen molar-refractivity contribution in [1.29, 1.82) is 0 Å². The molecule has 16 heavy (non-hydrogen) atoms. The molecule has 0 spiro atoms. The van der Waals surface area contributed by atoms with Crippen molar-refractivity contribution in [3.8, 4) is 0 Å². The molecule has 1 nitrogen and oxygen atoms in total. The molecule has 0 aliphatic rings. The van der Waals surface area contributed by atoms with Gasteiger partial charge in [0.2, 0.25) is 0 Å². The van der Waals surface area contributed by atoms with Crippen LogP contribution in [0.5, 0.6) is 0 Å². The fourth-order valence-electron chi connectivity index (χ4n) is 1.61. The summed E-state index contributed by atoms with van der Waals surface area (Å²) in [4.78, 5) is 0. The van der Waals surface area contributed by atoms with Crippen LogP contribution < -0.4 is 5.73 Å². The predicted molar refractivity (Wildman–Crippen MR) is 73.6 cm³/mol. The summed E-state index contributed by atoms with van der Waals surface area (Å²) in [5.74, 6) is 0. The Morgan fingerprint density at radius 2 is 1.69 bits per heavy atom. The highest BCUT2D eigenvalue weighted by atomic mass is 14.6. The van der Waals surface area contributed by atoms with Gasteiger partial charge in [0, 0.05) is 6.04 Å². The molecule has 2 N–H and O–H groups in total. The highest BCUT2D eigenvalue weighted by molar-refractivity contribution is 5.14. The van der Waals surface area contributed by atoms with Crippen LogP contribution in [0.15, 0.2) is 30.3 Å². The molecule has 0 saturated heterocycles. The summed E-state index contributed by atoms with van der Waals surface area (Å²) >= 11 is 0. The number of benzene rings is 1. The normalized spacial score (nSPS) is 11.5. The molecule has 92 valence electrons. The molecule has 0 bridgehead atoms. The standard InChI is InChI=1S/C13H21N.C2H6/c1-2-3-9-13(14)11-10-12-7-5-4-6-8-12;1-2/h4-8,13H,2-3,9-11,14H2,1H3;1-2H3. The van der Waals surface area contributed by atoms with E-state index in [1.807, 2.05) is 13.8 Å². The molecule has 0 aliphatic carbocycles. The first-order chi connectivity index (χ1) is 7.83. The molecule has 0 amide bonds. The Kier molecular flexibility index (Phi) is 10.1. The van der Waals surface area contributed by atoms with E-state index in [4.69, 9.17) is 5.73 Å². The van der Waals surface area contributed by atoms with E-state index in [0.29, 0.717) is 6.04 Å². The van der Waals surface area contributed by atoms with Crippen molar-refractivity contribution in [3.05, 3.63) is 35.9 Å². The fourth-order valence-corrected chi connectivity index (χ4v) is 1.61. The summed E-state index contributed by atoms with van der Waals surface area (Å²) < 4.78 is 0. The molecule has 1 aromatic carbocycles. The molecular weight excluding hydrogens is 194 g/mol. The van der Waals surface area contributed by atoms with Crippen molar-refractivity contribution in [2.24, 2.45) is 5.73 Å². The molecular formula is C15H27N. The molecule has 1 unspecified atom stereocenters. The molecule has 1 rings (SSSR count). The molecule has 1 atom stereocenters. The van der Waals surface area contributed by atoms with Crippen molar-refractivity contribution in [2.45, 2.75) is 58.9 Å². The van der Waals surface area contributed by atoms with E-state index >= 15 is 0 Å². The Hall–Kier alpha value is -0.820. The lowest BCUT2D eigenvalue weighted by molar-refractivity contribution is 0.541. The van der Waals surface area contributed by atoms with Gasteiger partial charge in [-0.3, -0.25) is 0 Å². The molecule has 0 radical (unpaired) electrons. The van der Waals surface area contributed by atoms with E-state index in [1.54, 1.807) is 0 Å².